The van der Waals surface area contributed by atoms with E-state index in [1.807, 2.05) is 20.8 Å². The number of esters is 1. The van der Waals surface area contributed by atoms with Crippen LogP contribution in [0.25, 0.3) is 0 Å². The highest BCUT2D eigenvalue weighted by atomic mass is 16.5. The molecule has 0 fully saturated rings. The molecule has 0 radical (unpaired) electrons. The molecule has 1 amide bonds. The first-order chi connectivity index (χ1) is 13.0. The number of carbonyl (C=O) groups is 2. The van der Waals surface area contributed by atoms with E-state index in [2.05, 4.69) is 15.5 Å². The molecule has 146 valence electrons. The van der Waals surface area contributed by atoms with E-state index in [9.17, 15) is 9.59 Å². The minimum Gasteiger partial charge on any atom is -0.462 e. The molecule has 7 heteroatoms. The topological polar surface area (TPSA) is 94.3 Å². The summed E-state index contributed by atoms with van der Waals surface area (Å²) in [5.41, 5.74) is 1.12. The molecule has 27 heavy (non-hydrogen) atoms. The van der Waals surface area contributed by atoms with Crippen molar-refractivity contribution in [3.63, 3.8) is 0 Å². The maximum Gasteiger partial charge on any atom is 0.338 e. The van der Waals surface area contributed by atoms with Crippen LogP contribution < -0.4 is 5.32 Å². The van der Waals surface area contributed by atoms with Crippen LogP contribution in [0.15, 0.2) is 28.8 Å². The highest BCUT2D eigenvalue weighted by Gasteiger charge is 2.11. The third kappa shape index (κ3) is 6.84. The Morgan fingerprint density at radius 1 is 1.19 bits per heavy atom. The van der Waals surface area contributed by atoms with E-state index in [4.69, 9.17) is 9.26 Å². The van der Waals surface area contributed by atoms with Crippen molar-refractivity contribution in [2.45, 2.75) is 58.8 Å². The van der Waals surface area contributed by atoms with Gasteiger partial charge in [-0.3, -0.25) is 4.79 Å². The maximum absolute atomic E-state index is 12.0. The first-order valence-electron chi connectivity index (χ1n) is 9.39. The molecular weight excluding hydrogens is 346 g/mol. The van der Waals surface area contributed by atoms with Gasteiger partial charge in [-0.1, -0.05) is 32.3 Å². The number of carbonyl (C=O) groups excluding carboxylic acids is 2. The monoisotopic (exact) mass is 373 g/mol. The number of ether oxygens (including phenoxy) is 1. The van der Waals surface area contributed by atoms with E-state index in [1.165, 1.54) is 0 Å². The molecule has 1 aromatic carbocycles. The number of unbranched alkanes of at least 4 members (excludes halogenated alkanes) is 1. The SMILES string of the molecule is CCCCOC(=O)c1ccc(NC(=O)CCCc2nc(C(C)C)no2)cc1. The van der Waals surface area contributed by atoms with Crippen LogP contribution in [-0.4, -0.2) is 28.6 Å². The van der Waals surface area contributed by atoms with Crippen molar-refractivity contribution in [2.24, 2.45) is 0 Å². The fourth-order valence-electron chi connectivity index (χ4n) is 2.31. The molecule has 1 aromatic heterocycles. The predicted octanol–water partition coefficient (Wildman–Crippen LogP) is 4.11. The lowest BCUT2D eigenvalue weighted by Gasteiger charge is -2.07. The van der Waals surface area contributed by atoms with Crippen LogP contribution >= 0.6 is 0 Å². The molecule has 0 aliphatic carbocycles. The van der Waals surface area contributed by atoms with Gasteiger partial charge in [0.2, 0.25) is 11.8 Å². The Kier molecular flexibility index (Phi) is 7.98. The Balaban J connectivity index is 1.74. The zero-order chi connectivity index (χ0) is 19.6. The molecule has 0 bridgehead atoms. The fraction of sp³-hybridized carbons (Fsp3) is 0.500. The predicted molar refractivity (Wildman–Crippen MR) is 102 cm³/mol. The van der Waals surface area contributed by atoms with Crippen molar-refractivity contribution in [2.75, 3.05) is 11.9 Å². The number of nitrogens with one attached hydrogen (secondary N) is 1. The lowest BCUT2D eigenvalue weighted by Crippen LogP contribution is -2.12. The van der Waals surface area contributed by atoms with E-state index >= 15 is 0 Å². The molecule has 0 unspecified atom stereocenters. The van der Waals surface area contributed by atoms with Gasteiger partial charge in [-0.25, -0.2) is 4.79 Å². The number of hydrogen-bond donors (Lipinski definition) is 1. The van der Waals surface area contributed by atoms with Gasteiger partial charge in [0.25, 0.3) is 0 Å². The fourth-order valence-corrected chi connectivity index (χ4v) is 2.31. The number of aromatic nitrogens is 2. The Morgan fingerprint density at radius 2 is 1.93 bits per heavy atom. The van der Waals surface area contributed by atoms with Gasteiger partial charge < -0.3 is 14.6 Å². The number of hydrogen-bond acceptors (Lipinski definition) is 6. The van der Waals surface area contributed by atoms with Crippen LogP contribution in [0.3, 0.4) is 0 Å². The Labute approximate surface area is 159 Å². The zero-order valence-corrected chi connectivity index (χ0v) is 16.2. The Morgan fingerprint density at radius 3 is 2.56 bits per heavy atom. The summed E-state index contributed by atoms with van der Waals surface area (Å²) in [6.45, 7) is 6.46. The van der Waals surface area contributed by atoms with E-state index < -0.39 is 0 Å². The van der Waals surface area contributed by atoms with Crippen LogP contribution in [0, 0.1) is 0 Å². The summed E-state index contributed by atoms with van der Waals surface area (Å²) in [6, 6.07) is 6.69. The number of nitrogens with zero attached hydrogens (tertiary/aromatic N) is 2. The van der Waals surface area contributed by atoms with E-state index in [0.29, 0.717) is 48.8 Å². The summed E-state index contributed by atoms with van der Waals surface area (Å²) in [4.78, 5) is 28.2. The number of amides is 1. The summed E-state index contributed by atoms with van der Waals surface area (Å²) in [7, 11) is 0. The molecule has 0 aliphatic rings. The van der Waals surface area contributed by atoms with Crippen molar-refractivity contribution < 1.29 is 18.8 Å². The minimum absolute atomic E-state index is 0.100. The van der Waals surface area contributed by atoms with Gasteiger partial charge in [0.05, 0.1) is 12.2 Å². The average Bonchev–Trinajstić information content (AvgIpc) is 3.12. The Bertz CT molecular complexity index is 738. The molecule has 0 aliphatic heterocycles. The smallest absolute Gasteiger partial charge is 0.338 e. The molecular formula is C20H27N3O4. The van der Waals surface area contributed by atoms with Crippen molar-refractivity contribution in [1.29, 1.82) is 0 Å². The average molecular weight is 373 g/mol. The molecule has 7 nitrogen and oxygen atoms in total. The molecule has 2 aromatic rings. The van der Waals surface area contributed by atoms with Gasteiger partial charge in [0, 0.05) is 24.4 Å². The van der Waals surface area contributed by atoms with Crippen LogP contribution in [-0.2, 0) is 16.0 Å². The van der Waals surface area contributed by atoms with Crippen molar-refractivity contribution in [1.82, 2.24) is 10.1 Å². The van der Waals surface area contributed by atoms with Gasteiger partial charge in [0.1, 0.15) is 0 Å². The van der Waals surface area contributed by atoms with Crippen LogP contribution in [0.1, 0.15) is 74.4 Å². The summed E-state index contributed by atoms with van der Waals surface area (Å²) in [5, 5.41) is 6.71. The van der Waals surface area contributed by atoms with Crippen LogP contribution in [0.2, 0.25) is 0 Å². The van der Waals surface area contributed by atoms with Crippen molar-refractivity contribution in [3.05, 3.63) is 41.5 Å². The molecule has 0 saturated carbocycles. The number of benzene rings is 1. The van der Waals surface area contributed by atoms with Gasteiger partial charge in [-0.05, 0) is 37.1 Å². The van der Waals surface area contributed by atoms with E-state index in [1.54, 1.807) is 24.3 Å². The lowest BCUT2D eigenvalue weighted by molar-refractivity contribution is -0.116. The van der Waals surface area contributed by atoms with Crippen LogP contribution in [0.5, 0.6) is 0 Å². The normalized spacial score (nSPS) is 10.8. The molecule has 0 saturated heterocycles. The second-order valence-electron chi connectivity index (χ2n) is 6.67. The number of anilines is 1. The second kappa shape index (κ2) is 10.4. The van der Waals surface area contributed by atoms with Gasteiger partial charge in [0.15, 0.2) is 5.82 Å². The minimum atomic E-state index is -0.346. The second-order valence-corrected chi connectivity index (χ2v) is 6.67. The maximum atomic E-state index is 12.0. The molecule has 2 rings (SSSR count). The number of aryl methyl sites for hydroxylation is 1. The number of rotatable bonds is 10. The van der Waals surface area contributed by atoms with E-state index in [-0.39, 0.29) is 17.8 Å². The third-order valence-corrected chi connectivity index (χ3v) is 3.93. The first kappa shape index (κ1) is 20.6. The summed E-state index contributed by atoms with van der Waals surface area (Å²) in [5.74, 6) is 1.01. The highest BCUT2D eigenvalue weighted by Crippen LogP contribution is 2.13. The summed E-state index contributed by atoms with van der Waals surface area (Å²) < 4.78 is 10.3. The highest BCUT2D eigenvalue weighted by molar-refractivity contribution is 5.93. The molecule has 0 atom stereocenters. The van der Waals surface area contributed by atoms with Crippen LogP contribution in [0.4, 0.5) is 5.69 Å². The van der Waals surface area contributed by atoms with E-state index in [0.717, 1.165) is 12.8 Å². The molecule has 1 heterocycles. The summed E-state index contributed by atoms with van der Waals surface area (Å²) >= 11 is 0. The molecule has 1 N–H and O–H groups in total. The van der Waals surface area contributed by atoms with Gasteiger partial charge in [-0.15, -0.1) is 0 Å². The lowest BCUT2D eigenvalue weighted by atomic mass is 10.2. The zero-order valence-electron chi connectivity index (χ0n) is 16.2. The quantitative estimate of drug-likeness (QED) is 0.497. The van der Waals surface area contributed by atoms with Gasteiger partial charge in [-0.2, -0.15) is 4.98 Å². The third-order valence-electron chi connectivity index (χ3n) is 3.93. The van der Waals surface area contributed by atoms with Crippen molar-refractivity contribution in [3.8, 4) is 0 Å². The Hall–Kier alpha value is -2.70. The van der Waals surface area contributed by atoms with Crippen molar-refractivity contribution >= 4 is 17.6 Å². The summed E-state index contributed by atoms with van der Waals surface area (Å²) in [6.07, 6.45) is 3.36. The molecule has 0 spiro atoms. The largest absolute Gasteiger partial charge is 0.462 e. The van der Waals surface area contributed by atoms with Gasteiger partial charge >= 0.3 is 5.97 Å². The first-order valence-corrected chi connectivity index (χ1v) is 9.39. The standard InChI is InChI=1S/C20H27N3O4/c1-4-5-13-26-20(25)15-9-11-16(12-10-15)21-17(24)7-6-8-18-22-19(14(2)3)23-27-18/h9-12,14H,4-8,13H2,1-3H3,(H,21,24).